The molecule has 0 aromatic rings. The zero-order chi connectivity index (χ0) is 15.2. The van der Waals surface area contributed by atoms with Gasteiger partial charge in [0, 0.05) is 12.5 Å². The van der Waals surface area contributed by atoms with E-state index in [1.54, 1.807) is 0 Å². The average Bonchev–Trinajstić information content (AvgIpc) is 3.27. The number of nitrogens with zero attached hydrogens (tertiary/aromatic N) is 1. The van der Waals surface area contributed by atoms with Crippen LogP contribution in [0, 0.1) is 5.92 Å². The fraction of sp³-hybridized carbons (Fsp3) is 0.800. The van der Waals surface area contributed by atoms with Crippen LogP contribution in [0.4, 0.5) is 0 Å². The Kier molecular flexibility index (Phi) is 5.59. The Morgan fingerprint density at radius 1 is 1.05 bits per heavy atom. The van der Waals surface area contributed by atoms with Crippen molar-refractivity contribution in [1.29, 1.82) is 0 Å². The van der Waals surface area contributed by atoms with Crippen LogP contribution in [0.3, 0.4) is 0 Å². The van der Waals surface area contributed by atoms with Crippen molar-refractivity contribution in [2.45, 2.75) is 57.4 Å². The van der Waals surface area contributed by atoms with Crippen molar-refractivity contribution in [3.63, 3.8) is 0 Å². The Morgan fingerprint density at radius 3 is 2.29 bits per heavy atom. The van der Waals surface area contributed by atoms with Gasteiger partial charge in [0.1, 0.15) is 6.54 Å². The van der Waals surface area contributed by atoms with E-state index in [2.05, 4.69) is 5.32 Å². The van der Waals surface area contributed by atoms with Gasteiger partial charge in [0.25, 0.3) is 0 Å². The summed E-state index contributed by atoms with van der Waals surface area (Å²) < 4.78 is 0. The van der Waals surface area contributed by atoms with Gasteiger partial charge in [-0.05, 0) is 31.6 Å². The molecular formula is C15H24N2O4. The standard InChI is InChI=1S/C15H24N2O4/c18-13(8-11-4-2-1-3-5-11)16-9-14(19)17(10-15(20)21)12-6-7-12/h11-12H,1-10H2,(H,16,18)(H,20,21). The summed E-state index contributed by atoms with van der Waals surface area (Å²) in [7, 11) is 0. The van der Waals surface area contributed by atoms with E-state index < -0.39 is 5.97 Å². The summed E-state index contributed by atoms with van der Waals surface area (Å²) >= 11 is 0. The highest BCUT2D eigenvalue weighted by Gasteiger charge is 2.33. The molecule has 0 saturated heterocycles. The Bertz CT molecular complexity index is 400. The normalized spacial score (nSPS) is 19.0. The zero-order valence-electron chi connectivity index (χ0n) is 12.3. The van der Waals surface area contributed by atoms with Crippen LogP contribution < -0.4 is 5.32 Å². The number of nitrogens with one attached hydrogen (secondary N) is 1. The quantitative estimate of drug-likeness (QED) is 0.738. The van der Waals surface area contributed by atoms with Crippen LogP contribution in [0.25, 0.3) is 0 Å². The van der Waals surface area contributed by atoms with Crippen molar-refractivity contribution in [3.8, 4) is 0 Å². The van der Waals surface area contributed by atoms with E-state index in [1.165, 1.54) is 24.2 Å². The van der Waals surface area contributed by atoms with Crippen molar-refractivity contribution in [2.75, 3.05) is 13.1 Å². The van der Waals surface area contributed by atoms with Crippen LogP contribution in [-0.2, 0) is 14.4 Å². The van der Waals surface area contributed by atoms with Crippen LogP contribution in [0.5, 0.6) is 0 Å². The highest BCUT2D eigenvalue weighted by Crippen LogP contribution is 2.27. The Hall–Kier alpha value is -1.59. The molecule has 0 atom stereocenters. The number of aliphatic carboxylic acids is 1. The van der Waals surface area contributed by atoms with Gasteiger partial charge in [-0.15, -0.1) is 0 Å². The lowest BCUT2D eigenvalue weighted by Gasteiger charge is -2.22. The van der Waals surface area contributed by atoms with Crippen LogP contribution in [0.1, 0.15) is 51.4 Å². The maximum absolute atomic E-state index is 12.0. The second-order valence-corrected chi connectivity index (χ2v) is 6.13. The summed E-state index contributed by atoms with van der Waals surface area (Å²) in [6, 6.07) is 0.0452. The van der Waals surface area contributed by atoms with E-state index >= 15 is 0 Å². The van der Waals surface area contributed by atoms with E-state index in [4.69, 9.17) is 5.11 Å². The fourth-order valence-electron chi connectivity index (χ4n) is 2.95. The zero-order valence-corrected chi connectivity index (χ0v) is 12.3. The molecule has 0 radical (unpaired) electrons. The molecule has 0 aromatic heterocycles. The van der Waals surface area contributed by atoms with Gasteiger partial charge in [-0.25, -0.2) is 0 Å². The molecule has 2 aliphatic rings. The van der Waals surface area contributed by atoms with Crippen molar-refractivity contribution in [3.05, 3.63) is 0 Å². The third-order valence-corrected chi connectivity index (χ3v) is 4.25. The number of amides is 2. The van der Waals surface area contributed by atoms with Crippen molar-refractivity contribution >= 4 is 17.8 Å². The molecule has 0 heterocycles. The monoisotopic (exact) mass is 296 g/mol. The SMILES string of the molecule is O=C(O)CN(C(=O)CNC(=O)CC1CCCCC1)C1CC1. The van der Waals surface area contributed by atoms with Gasteiger partial charge in [-0.3, -0.25) is 14.4 Å². The second kappa shape index (κ2) is 7.43. The first-order valence-corrected chi connectivity index (χ1v) is 7.84. The van der Waals surface area contributed by atoms with E-state index in [-0.39, 0.29) is 30.9 Å². The minimum atomic E-state index is -1.01. The van der Waals surface area contributed by atoms with Crippen molar-refractivity contribution in [2.24, 2.45) is 5.92 Å². The molecule has 0 aromatic carbocycles. The highest BCUT2D eigenvalue weighted by molar-refractivity contribution is 5.87. The Labute approximate surface area is 124 Å². The van der Waals surface area contributed by atoms with E-state index in [0.717, 1.165) is 25.7 Å². The van der Waals surface area contributed by atoms with Gasteiger partial charge in [-0.2, -0.15) is 0 Å². The minimum absolute atomic E-state index is 0.0452. The highest BCUT2D eigenvalue weighted by atomic mass is 16.4. The first-order chi connectivity index (χ1) is 10.1. The molecule has 0 aliphatic heterocycles. The van der Waals surface area contributed by atoms with E-state index in [9.17, 15) is 14.4 Å². The number of carbonyl (C=O) groups excluding carboxylic acids is 2. The average molecular weight is 296 g/mol. The molecule has 2 amide bonds. The number of hydrogen-bond acceptors (Lipinski definition) is 3. The molecule has 6 nitrogen and oxygen atoms in total. The molecule has 0 bridgehead atoms. The second-order valence-electron chi connectivity index (χ2n) is 6.13. The lowest BCUT2D eigenvalue weighted by molar-refractivity contribution is -0.144. The van der Waals surface area contributed by atoms with Crippen LogP contribution in [-0.4, -0.2) is 46.9 Å². The van der Waals surface area contributed by atoms with Gasteiger partial charge < -0.3 is 15.3 Å². The fourth-order valence-corrected chi connectivity index (χ4v) is 2.95. The lowest BCUT2D eigenvalue weighted by atomic mass is 9.87. The van der Waals surface area contributed by atoms with Crippen LogP contribution >= 0.6 is 0 Å². The third kappa shape index (κ3) is 5.36. The predicted molar refractivity (Wildman–Crippen MR) is 76.6 cm³/mol. The molecule has 2 saturated carbocycles. The molecule has 118 valence electrons. The summed E-state index contributed by atoms with van der Waals surface area (Å²) in [6.07, 6.45) is 8.00. The van der Waals surface area contributed by atoms with Gasteiger partial charge in [0.15, 0.2) is 0 Å². The van der Waals surface area contributed by atoms with Gasteiger partial charge in [-0.1, -0.05) is 19.3 Å². The molecule has 2 N–H and O–H groups in total. The Balaban J connectivity index is 1.71. The molecule has 0 unspecified atom stereocenters. The van der Waals surface area contributed by atoms with Crippen molar-refractivity contribution < 1.29 is 19.5 Å². The smallest absolute Gasteiger partial charge is 0.323 e. The number of carboxylic acid groups (broad SMARTS) is 1. The number of hydrogen-bond donors (Lipinski definition) is 2. The van der Waals surface area contributed by atoms with E-state index in [1.807, 2.05) is 0 Å². The number of carbonyl (C=O) groups is 3. The molecular weight excluding hydrogens is 272 g/mol. The molecule has 2 aliphatic carbocycles. The number of carboxylic acids is 1. The third-order valence-electron chi connectivity index (χ3n) is 4.25. The number of rotatable bonds is 7. The summed E-state index contributed by atoms with van der Waals surface area (Å²) in [4.78, 5) is 36.0. The molecule has 6 heteroatoms. The summed E-state index contributed by atoms with van der Waals surface area (Å²) in [6.45, 7) is -0.364. The molecule has 2 fully saturated rings. The predicted octanol–water partition coefficient (Wildman–Crippen LogP) is 1.15. The topological polar surface area (TPSA) is 86.7 Å². The molecule has 0 spiro atoms. The summed E-state index contributed by atoms with van der Waals surface area (Å²) in [5, 5.41) is 11.5. The first kappa shape index (κ1) is 15.8. The van der Waals surface area contributed by atoms with Crippen molar-refractivity contribution in [1.82, 2.24) is 10.2 Å². The van der Waals surface area contributed by atoms with Gasteiger partial charge >= 0.3 is 5.97 Å². The largest absolute Gasteiger partial charge is 0.480 e. The maximum Gasteiger partial charge on any atom is 0.323 e. The first-order valence-electron chi connectivity index (χ1n) is 7.84. The maximum atomic E-state index is 12.0. The van der Waals surface area contributed by atoms with Gasteiger partial charge in [0.05, 0.1) is 6.54 Å². The minimum Gasteiger partial charge on any atom is -0.480 e. The Morgan fingerprint density at radius 2 is 1.71 bits per heavy atom. The summed E-state index contributed by atoms with van der Waals surface area (Å²) in [5.41, 5.74) is 0. The van der Waals surface area contributed by atoms with Gasteiger partial charge in [0.2, 0.25) is 11.8 Å². The molecule has 21 heavy (non-hydrogen) atoms. The summed E-state index contributed by atoms with van der Waals surface area (Å²) in [5.74, 6) is -0.964. The lowest BCUT2D eigenvalue weighted by Crippen LogP contribution is -2.44. The van der Waals surface area contributed by atoms with Crippen LogP contribution in [0.2, 0.25) is 0 Å². The molecule has 2 rings (SSSR count). The van der Waals surface area contributed by atoms with Crippen LogP contribution in [0.15, 0.2) is 0 Å². The van der Waals surface area contributed by atoms with E-state index in [0.29, 0.717) is 12.3 Å².